The fourth-order valence-corrected chi connectivity index (χ4v) is 3.70. The second-order valence-electron chi connectivity index (χ2n) is 7.16. The molecule has 0 unspecified atom stereocenters. The molecule has 0 saturated carbocycles. The van der Waals surface area contributed by atoms with Crippen LogP contribution in [0.15, 0.2) is 28.8 Å². The Kier molecular flexibility index (Phi) is 4.94. The number of carbonyl (C=O) groups excluding carboxylic acids is 1. The van der Waals surface area contributed by atoms with Gasteiger partial charge in [-0.2, -0.15) is 0 Å². The van der Waals surface area contributed by atoms with E-state index in [-0.39, 0.29) is 5.91 Å². The smallest absolute Gasteiger partial charge is 0.222 e. The third-order valence-electron chi connectivity index (χ3n) is 5.31. The zero-order valence-corrected chi connectivity index (χ0v) is 15.9. The van der Waals surface area contributed by atoms with E-state index in [0.717, 1.165) is 66.6 Å². The van der Waals surface area contributed by atoms with Crippen molar-refractivity contribution in [3.63, 3.8) is 0 Å². The number of aromatic nitrogens is 3. The number of amides is 1. The van der Waals surface area contributed by atoms with Gasteiger partial charge >= 0.3 is 0 Å². The summed E-state index contributed by atoms with van der Waals surface area (Å²) in [7, 11) is 0. The highest BCUT2D eigenvalue weighted by Crippen LogP contribution is 2.16. The van der Waals surface area contributed by atoms with Gasteiger partial charge in [-0.1, -0.05) is 17.3 Å². The SMILES string of the molecule is Cc1noc(C)c1CCC(=O)N1CCN(Cc2nc3ccccc3[nH]2)CC1. The second-order valence-corrected chi connectivity index (χ2v) is 7.16. The number of rotatable bonds is 5. The molecule has 1 fully saturated rings. The maximum atomic E-state index is 12.5. The zero-order valence-electron chi connectivity index (χ0n) is 15.9. The van der Waals surface area contributed by atoms with Crippen LogP contribution in [0.1, 0.15) is 29.3 Å². The van der Waals surface area contributed by atoms with Crippen molar-refractivity contribution in [2.45, 2.75) is 33.2 Å². The number of H-pyrrole nitrogens is 1. The lowest BCUT2D eigenvalue weighted by Gasteiger charge is -2.34. The number of nitrogens with zero attached hydrogens (tertiary/aromatic N) is 4. The Morgan fingerprint density at radius 3 is 2.67 bits per heavy atom. The molecule has 3 heterocycles. The molecule has 1 N–H and O–H groups in total. The van der Waals surface area contributed by atoms with Crippen molar-refractivity contribution in [3.05, 3.63) is 47.1 Å². The fourth-order valence-electron chi connectivity index (χ4n) is 3.70. The first-order valence-corrected chi connectivity index (χ1v) is 9.45. The van der Waals surface area contributed by atoms with Crippen LogP contribution in [0.3, 0.4) is 0 Å². The van der Waals surface area contributed by atoms with Gasteiger partial charge < -0.3 is 14.4 Å². The largest absolute Gasteiger partial charge is 0.361 e. The number of aryl methyl sites for hydroxylation is 2. The number of benzene rings is 1. The van der Waals surface area contributed by atoms with E-state index in [0.29, 0.717) is 12.8 Å². The first-order valence-electron chi connectivity index (χ1n) is 9.45. The van der Waals surface area contributed by atoms with Crippen molar-refractivity contribution in [2.24, 2.45) is 0 Å². The first-order chi connectivity index (χ1) is 13.1. The number of aromatic amines is 1. The van der Waals surface area contributed by atoms with Crippen LogP contribution in [0, 0.1) is 13.8 Å². The molecule has 4 rings (SSSR count). The van der Waals surface area contributed by atoms with Crippen LogP contribution in [-0.2, 0) is 17.8 Å². The highest BCUT2D eigenvalue weighted by atomic mass is 16.5. The van der Waals surface area contributed by atoms with Gasteiger partial charge in [0, 0.05) is 38.2 Å². The summed E-state index contributed by atoms with van der Waals surface area (Å²) < 4.78 is 5.18. The van der Waals surface area contributed by atoms with Crippen molar-refractivity contribution in [2.75, 3.05) is 26.2 Å². The van der Waals surface area contributed by atoms with Crippen molar-refractivity contribution in [1.82, 2.24) is 24.9 Å². The average Bonchev–Trinajstić information content (AvgIpc) is 3.23. The summed E-state index contributed by atoms with van der Waals surface area (Å²) in [6.45, 7) is 7.88. The third kappa shape index (κ3) is 3.88. The molecule has 1 amide bonds. The summed E-state index contributed by atoms with van der Waals surface area (Å²) in [5, 5.41) is 3.96. The van der Waals surface area contributed by atoms with E-state index in [2.05, 4.69) is 20.0 Å². The van der Waals surface area contributed by atoms with Crippen molar-refractivity contribution >= 4 is 16.9 Å². The lowest BCUT2D eigenvalue weighted by Crippen LogP contribution is -2.48. The summed E-state index contributed by atoms with van der Waals surface area (Å²) in [6, 6.07) is 8.07. The van der Waals surface area contributed by atoms with E-state index in [4.69, 9.17) is 4.52 Å². The minimum Gasteiger partial charge on any atom is -0.361 e. The van der Waals surface area contributed by atoms with Crippen LogP contribution in [0.2, 0.25) is 0 Å². The number of hydrogen-bond donors (Lipinski definition) is 1. The highest BCUT2D eigenvalue weighted by Gasteiger charge is 2.22. The minimum absolute atomic E-state index is 0.207. The topological polar surface area (TPSA) is 78.3 Å². The molecule has 1 saturated heterocycles. The first kappa shape index (κ1) is 17.7. The van der Waals surface area contributed by atoms with Crippen molar-refractivity contribution in [1.29, 1.82) is 0 Å². The number of imidazole rings is 1. The summed E-state index contributed by atoms with van der Waals surface area (Å²) >= 11 is 0. The van der Waals surface area contributed by atoms with Gasteiger partial charge in [0.2, 0.25) is 5.91 Å². The summed E-state index contributed by atoms with van der Waals surface area (Å²) in [5.74, 6) is 2.00. The Balaban J connectivity index is 1.27. The number of hydrogen-bond acceptors (Lipinski definition) is 5. The van der Waals surface area contributed by atoms with E-state index in [1.807, 2.05) is 43.0 Å². The van der Waals surface area contributed by atoms with Crippen LogP contribution in [0.4, 0.5) is 0 Å². The van der Waals surface area contributed by atoms with Crippen LogP contribution in [-0.4, -0.2) is 57.0 Å². The molecule has 0 atom stereocenters. The van der Waals surface area contributed by atoms with E-state index in [9.17, 15) is 4.79 Å². The molecule has 2 aromatic heterocycles. The molecule has 0 bridgehead atoms. The maximum absolute atomic E-state index is 12.5. The molecule has 0 radical (unpaired) electrons. The number of nitrogens with one attached hydrogen (secondary N) is 1. The Morgan fingerprint density at radius 1 is 1.19 bits per heavy atom. The highest BCUT2D eigenvalue weighted by molar-refractivity contribution is 5.76. The third-order valence-corrected chi connectivity index (χ3v) is 5.31. The molecule has 7 nitrogen and oxygen atoms in total. The molecular formula is C20H25N5O2. The van der Waals surface area contributed by atoms with E-state index in [1.54, 1.807) is 0 Å². The standard InChI is InChI=1S/C20H25N5O2/c1-14-16(15(2)27-23-14)7-8-20(26)25-11-9-24(10-12-25)13-19-21-17-5-3-4-6-18(17)22-19/h3-6H,7-13H2,1-2H3,(H,21,22). The maximum Gasteiger partial charge on any atom is 0.222 e. The van der Waals surface area contributed by atoms with Crippen LogP contribution >= 0.6 is 0 Å². The van der Waals surface area contributed by atoms with Gasteiger partial charge in [0.15, 0.2) is 0 Å². The number of fused-ring (bicyclic) bond motifs is 1. The van der Waals surface area contributed by atoms with Gasteiger partial charge in [0.1, 0.15) is 11.6 Å². The van der Waals surface area contributed by atoms with Crippen LogP contribution in [0.5, 0.6) is 0 Å². The van der Waals surface area contributed by atoms with Gasteiger partial charge in [-0.15, -0.1) is 0 Å². The van der Waals surface area contributed by atoms with Crippen molar-refractivity contribution in [3.8, 4) is 0 Å². The molecule has 1 aliphatic rings. The Labute approximate surface area is 158 Å². The lowest BCUT2D eigenvalue weighted by molar-refractivity contribution is -0.133. The molecular weight excluding hydrogens is 342 g/mol. The monoisotopic (exact) mass is 367 g/mol. The van der Waals surface area contributed by atoms with Gasteiger partial charge in [0.25, 0.3) is 0 Å². The number of piperazine rings is 1. The van der Waals surface area contributed by atoms with E-state index < -0.39 is 0 Å². The zero-order chi connectivity index (χ0) is 18.8. The summed E-state index contributed by atoms with van der Waals surface area (Å²) in [4.78, 5) is 24.9. The quantitative estimate of drug-likeness (QED) is 0.749. The molecule has 0 spiro atoms. The fraction of sp³-hybridized carbons (Fsp3) is 0.450. The summed E-state index contributed by atoms with van der Waals surface area (Å²) in [6.07, 6.45) is 1.20. The summed E-state index contributed by atoms with van der Waals surface area (Å²) in [5.41, 5.74) is 4.02. The van der Waals surface area contributed by atoms with Gasteiger partial charge in [-0.05, 0) is 32.4 Å². The number of carbonyl (C=O) groups is 1. The lowest BCUT2D eigenvalue weighted by atomic mass is 10.1. The van der Waals surface area contributed by atoms with Gasteiger partial charge in [0.05, 0.1) is 23.3 Å². The molecule has 1 aromatic carbocycles. The molecule has 27 heavy (non-hydrogen) atoms. The predicted octanol–water partition coefficient (Wildman–Crippen LogP) is 2.44. The van der Waals surface area contributed by atoms with Crippen LogP contribution in [0.25, 0.3) is 11.0 Å². The van der Waals surface area contributed by atoms with Crippen LogP contribution < -0.4 is 0 Å². The Bertz CT molecular complexity index is 884. The van der Waals surface area contributed by atoms with E-state index >= 15 is 0 Å². The number of para-hydroxylation sites is 2. The second kappa shape index (κ2) is 7.52. The van der Waals surface area contributed by atoms with Gasteiger partial charge in [-0.3, -0.25) is 9.69 Å². The average molecular weight is 367 g/mol. The Hall–Kier alpha value is -2.67. The molecule has 7 heteroatoms. The predicted molar refractivity (Wildman–Crippen MR) is 102 cm³/mol. The molecule has 0 aliphatic carbocycles. The Morgan fingerprint density at radius 2 is 1.96 bits per heavy atom. The van der Waals surface area contributed by atoms with E-state index in [1.165, 1.54) is 0 Å². The normalized spacial score (nSPS) is 15.6. The molecule has 3 aromatic rings. The van der Waals surface area contributed by atoms with Crippen molar-refractivity contribution < 1.29 is 9.32 Å². The molecule has 142 valence electrons. The minimum atomic E-state index is 0.207. The van der Waals surface area contributed by atoms with Gasteiger partial charge in [-0.25, -0.2) is 4.98 Å². The molecule has 1 aliphatic heterocycles.